The number of aliphatic hydroxyl groups excluding tert-OH is 1. The fourth-order valence-electron chi connectivity index (χ4n) is 4.74. The van der Waals surface area contributed by atoms with Gasteiger partial charge in [-0.3, -0.25) is 14.7 Å². The highest BCUT2D eigenvalue weighted by atomic mass is 16.3. The molecule has 27 heavy (non-hydrogen) atoms. The van der Waals surface area contributed by atoms with E-state index in [0.717, 1.165) is 43.5 Å². The summed E-state index contributed by atoms with van der Waals surface area (Å²) in [6.45, 7) is 3.55. The lowest BCUT2D eigenvalue weighted by Crippen LogP contribution is -2.49. The molecule has 5 rings (SSSR count). The number of amides is 1. The number of fused-ring (bicyclic) bond motifs is 3. The average molecular weight is 363 g/mol. The van der Waals surface area contributed by atoms with E-state index in [1.54, 1.807) is 6.20 Å². The zero-order valence-electron chi connectivity index (χ0n) is 15.5. The van der Waals surface area contributed by atoms with E-state index in [0.29, 0.717) is 19.6 Å². The number of rotatable bonds is 4. The van der Waals surface area contributed by atoms with E-state index >= 15 is 0 Å². The van der Waals surface area contributed by atoms with Gasteiger partial charge in [-0.25, -0.2) is 0 Å². The highest BCUT2D eigenvalue weighted by Gasteiger charge is 2.51. The van der Waals surface area contributed by atoms with Gasteiger partial charge in [-0.05, 0) is 42.0 Å². The Morgan fingerprint density at radius 3 is 2.78 bits per heavy atom. The minimum atomic E-state index is -0.529. The van der Waals surface area contributed by atoms with Gasteiger partial charge in [-0.15, -0.1) is 0 Å². The molecule has 1 N–H and O–H groups in total. The molecule has 1 atom stereocenters. The summed E-state index contributed by atoms with van der Waals surface area (Å²) in [6.07, 6.45) is 6.26. The second-order valence-electron chi connectivity index (χ2n) is 8.29. The van der Waals surface area contributed by atoms with E-state index in [9.17, 15) is 9.90 Å². The molecule has 0 radical (unpaired) electrons. The van der Waals surface area contributed by atoms with Crippen LogP contribution in [0, 0.1) is 0 Å². The van der Waals surface area contributed by atoms with Crippen molar-refractivity contribution in [1.82, 2.24) is 14.8 Å². The first-order valence-electron chi connectivity index (χ1n) is 9.86. The molecule has 1 aliphatic carbocycles. The minimum absolute atomic E-state index is 0.0352. The molecule has 3 aliphatic rings. The zero-order valence-corrected chi connectivity index (χ0v) is 15.5. The Morgan fingerprint density at radius 1 is 1.15 bits per heavy atom. The smallest absolute Gasteiger partial charge is 0.254 e. The van der Waals surface area contributed by atoms with Crippen LogP contribution >= 0.6 is 0 Å². The monoisotopic (exact) mass is 363 g/mol. The SMILES string of the molecule is O=C1c2ccncc2C2(CC2)CN1CC(O)CN1CCc2ccccc2C1. The van der Waals surface area contributed by atoms with Gasteiger partial charge in [0.1, 0.15) is 0 Å². The maximum Gasteiger partial charge on any atom is 0.254 e. The molecule has 1 aromatic heterocycles. The molecule has 1 amide bonds. The molecule has 1 unspecified atom stereocenters. The normalized spacial score (nSPS) is 21.7. The van der Waals surface area contributed by atoms with E-state index in [2.05, 4.69) is 34.1 Å². The molecule has 3 heterocycles. The maximum atomic E-state index is 12.9. The van der Waals surface area contributed by atoms with Crippen molar-refractivity contribution >= 4 is 5.91 Å². The number of carbonyl (C=O) groups is 1. The van der Waals surface area contributed by atoms with Crippen LogP contribution in [0.25, 0.3) is 0 Å². The summed E-state index contributed by atoms with van der Waals surface area (Å²) < 4.78 is 0. The van der Waals surface area contributed by atoms with Gasteiger partial charge in [0.25, 0.3) is 5.91 Å². The first-order chi connectivity index (χ1) is 13.1. The standard InChI is InChI=1S/C22H25N3O2/c26-18(13-24-10-6-16-3-1-2-4-17(16)12-24)14-25-15-22(7-8-22)20-11-23-9-5-19(20)21(25)27/h1-5,9,11,18,26H,6-8,10,12-15H2. The van der Waals surface area contributed by atoms with Crippen LogP contribution in [0.4, 0.5) is 0 Å². The number of aromatic nitrogens is 1. The third-order valence-corrected chi connectivity index (χ3v) is 6.37. The maximum absolute atomic E-state index is 12.9. The molecule has 5 heteroatoms. The lowest BCUT2D eigenvalue weighted by Gasteiger charge is -2.37. The van der Waals surface area contributed by atoms with Crippen LogP contribution in [-0.2, 0) is 18.4 Å². The second-order valence-corrected chi connectivity index (χ2v) is 8.29. The summed E-state index contributed by atoms with van der Waals surface area (Å²) in [5, 5.41) is 10.7. The summed E-state index contributed by atoms with van der Waals surface area (Å²) >= 11 is 0. The Kier molecular flexibility index (Phi) is 4.02. The highest BCUT2D eigenvalue weighted by Crippen LogP contribution is 2.52. The van der Waals surface area contributed by atoms with E-state index in [-0.39, 0.29) is 11.3 Å². The summed E-state index contributed by atoms with van der Waals surface area (Å²) in [7, 11) is 0. The summed E-state index contributed by atoms with van der Waals surface area (Å²) in [4.78, 5) is 21.3. The Labute approximate surface area is 159 Å². The Morgan fingerprint density at radius 2 is 1.96 bits per heavy atom. The molecule has 0 saturated heterocycles. The van der Waals surface area contributed by atoms with Crippen molar-refractivity contribution in [2.24, 2.45) is 0 Å². The summed E-state index contributed by atoms with van der Waals surface area (Å²) in [6, 6.07) is 10.4. The van der Waals surface area contributed by atoms with E-state index in [4.69, 9.17) is 0 Å². The summed E-state index contributed by atoms with van der Waals surface area (Å²) in [5.41, 5.74) is 4.72. The molecular formula is C22H25N3O2. The molecule has 5 nitrogen and oxygen atoms in total. The number of benzene rings is 1. The molecule has 1 fully saturated rings. The minimum Gasteiger partial charge on any atom is -0.390 e. The largest absolute Gasteiger partial charge is 0.390 e. The van der Waals surface area contributed by atoms with Crippen molar-refractivity contribution in [3.05, 3.63) is 65.0 Å². The van der Waals surface area contributed by atoms with Crippen molar-refractivity contribution in [2.45, 2.75) is 37.3 Å². The predicted octanol–water partition coefficient (Wildman–Crippen LogP) is 1.99. The van der Waals surface area contributed by atoms with Crippen molar-refractivity contribution in [2.75, 3.05) is 26.2 Å². The number of hydrogen-bond donors (Lipinski definition) is 1. The van der Waals surface area contributed by atoms with Gasteiger partial charge in [0.15, 0.2) is 0 Å². The first-order valence-corrected chi connectivity index (χ1v) is 9.86. The van der Waals surface area contributed by atoms with Crippen LogP contribution in [0.3, 0.4) is 0 Å². The Bertz CT molecular complexity index is 877. The highest BCUT2D eigenvalue weighted by molar-refractivity contribution is 5.97. The molecule has 2 aromatic rings. The molecule has 2 aliphatic heterocycles. The van der Waals surface area contributed by atoms with Crippen LogP contribution in [0.15, 0.2) is 42.7 Å². The molecule has 0 bridgehead atoms. The second kappa shape index (κ2) is 6.43. The van der Waals surface area contributed by atoms with Gasteiger partial charge < -0.3 is 10.0 Å². The average Bonchev–Trinajstić information content (AvgIpc) is 3.46. The molecule has 1 aromatic carbocycles. The number of aliphatic hydroxyl groups is 1. The molecule has 140 valence electrons. The number of nitrogens with zero attached hydrogens (tertiary/aromatic N) is 3. The fraction of sp³-hybridized carbons (Fsp3) is 0.455. The third-order valence-electron chi connectivity index (χ3n) is 6.37. The van der Waals surface area contributed by atoms with E-state index in [1.165, 1.54) is 11.1 Å². The van der Waals surface area contributed by atoms with Gasteiger partial charge in [0.05, 0.1) is 6.10 Å². The van der Waals surface area contributed by atoms with E-state index < -0.39 is 6.10 Å². The number of pyridine rings is 1. The van der Waals surface area contributed by atoms with Crippen molar-refractivity contribution < 1.29 is 9.90 Å². The quantitative estimate of drug-likeness (QED) is 0.903. The van der Waals surface area contributed by atoms with Crippen LogP contribution in [0.1, 0.15) is 39.9 Å². The third kappa shape index (κ3) is 3.05. The van der Waals surface area contributed by atoms with Crippen LogP contribution in [0.2, 0.25) is 0 Å². The van der Waals surface area contributed by atoms with Gasteiger partial charge >= 0.3 is 0 Å². The first kappa shape index (κ1) is 16.9. The number of β-amino-alcohol motifs (C(OH)–C–C–N with tert-alkyl or cyclic N) is 1. The fourth-order valence-corrected chi connectivity index (χ4v) is 4.74. The molecular weight excluding hydrogens is 338 g/mol. The Hall–Kier alpha value is -2.24. The molecule has 1 spiro atoms. The van der Waals surface area contributed by atoms with Gasteiger partial charge in [0.2, 0.25) is 0 Å². The molecule has 1 saturated carbocycles. The van der Waals surface area contributed by atoms with Crippen molar-refractivity contribution in [3.63, 3.8) is 0 Å². The number of carbonyl (C=O) groups excluding carboxylic acids is 1. The topological polar surface area (TPSA) is 56.7 Å². The zero-order chi connectivity index (χ0) is 18.4. The van der Waals surface area contributed by atoms with Gasteiger partial charge in [-0.1, -0.05) is 24.3 Å². The van der Waals surface area contributed by atoms with Crippen molar-refractivity contribution in [1.29, 1.82) is 0 Å². The van der Waals surface area contributed by atoms with Crippen molar-refractivity contribution in [3.8, 4) is 0 Å². The lowest BCUT2D eigenvalue weighted by atomic mass is 9.88. The predicted molar refractivity (Wildman–Crippen MR) is 102 cm³/mol. The van der Waals surface area contributed by atoms with E-state index in [1.807, 2.05) is 17.2 Å². The van der Waals surface area contributed by atoms with Crippen LogP contribution in [0.5, 0.6) is 0 Å². The summed E-state index contributed by atoms with van der Waals surface area (Å²) in [5.74, 6) is 0.0352. The van der Waals surface area contributed by atoms with Gasteiger partial charge in [0, 0.05) is 56.1 Å². The Balaban J connectivity index is 1.26. The number of hydrogen-bond acceptors (Lipinski definition) is 4. The van der Waals surface area contributed by atoms with Crippen LogP contribution < -0.4 is 0 Å². The lowest BCUT2D eigenvalue weighted by molar-refractivity contribution is 0.0459. The van der Waals surface area contributed by atoms with Gasteiger partial charge in [-0.2, -0.15) is 0 Å². The van der Waals surface area contributed by atoms with Crippen LogP contribution in [-0.4, -0.2) is 58.1 Å².